The van der Waals surface area contributed by atoms with E-state index >= 15 is 0 Å². The van der Waals surface area contributed by atoms with Crippen LogP contribution in [0.2, 0.25) is 5.31 Å². The van der Waals surface area contributed by atoms with Crippen LogP contribution in [-0.2, 0) is 9.31 Å². The average molecular weight is 314 g/mol. The minimum Gasteiger partial charge on any atom is -0.403 e. The van der Waals surface area contributed by atoms with Crippen LogP contribution in [0.4, 0.5) is 4.39 Å². The van der Waals surface area contributed by atoms with Gasteiger partial charge in [0.25, 0.3) is 0 Å². The first kappa shape index (κ1) is 16.5. The van der Waals surface area contributed by atoms with Crippen molar-refractivity contribution in [2.24, 2.45) is 0 Å². The molecule has 1 unspecified atom stereocenters. The van der Waals surface area contributed by atoms with Gasteiger partial charge in [0.2, 0.25) is 0 Å². The van der Waals surface area contributed by atoms with Gasteiger partial charge in [-0.15, -0.1) is 0 Å². The first-order valence-electron chi connectivity index (χ1n) is 8.15. The maximum atomic E-state index is 14.7. The van der Waals surface area contributed by atoms with Gasteiger partial charge >= 0.3 is 7.12 Å². The molecule has 0 aromatic heterocycles. The molecule has 0 bridgehead atoms. The molecular weight excluding hydrogens is 290 g/mol. The normalized spacial score (nSPS) is 29.2. The van der Waals surface area contributed by atoms with Crippen LogP contribution in [0.25, 0.3) is 5.57 Å². The number of allylic oxidation sites excluding steroid dienone is 4. The van der Waals surface area contributed by atoms with Crippen LogP contribution >= 0.6 is 0 Å². The molecule has 0 radical (unpaired) electrons. The fraction of sp³-hybridized carbons (Fsp3) is 0.474. The molecule has 1 aromatic carbocycles. The topological polar surface area (TPSA) is 18.5 Å². The van der Waals surface area contributed by atoms with Crippen molar-refractivity contribution in [3.8, 4) is 0 Å². The molecule has 1 saturated heterocycles. The molecule has 3 rings (SSSR count). The van der Waals surface area contributed by atoms with Crippen molar-refractivity contribution in [3.63, 3.8) is 0 Å². The zero-order valence-electron chi connectivity index (χ0n) is 14.5. The Balaban J connectivity index is 2.06. The van der Waals surface area contributed by atoms with Crippen LogP contribution in [0.3, 0.4) is 0 Å². The molecule has 0 saturated carbocycles. The summed E-state index contributed by atoms with van der Waals surface area (Å²) >= 11 is 0. The zero-order chi connectivity index (χ0) is 16.9. The third kappa shape index (κ3) is 2.58. The summed E-state index contributed by atoms with van der Waals surface area (Å²) in [4.78, 5) is 0. The third-order valence-corrected chi connectivity index (χ3v) is 5.45. The van der Waals surface area contributed by atoms with Crippen molar-refractivity contribution in [1.82, 2.24) is 0 Å². The lowest BCUT2D eigenvalue weighted by atomic mass is 9.51. The van der Waals surface area contributed by atoms with Gasteiger partial charge in [-0.3, -0.25) is 0 Å². The van der Waals surface area contributed by atoms with Crippen molar-refractivity contribution < 1.29 is 13.7 Å². The summed E-state index contributed by atoms with van der Waals surface area (Å²) < 4.78 is 27.2. The van der Waals surface area contributed by atoms with Gasteiger partial charge in [-0.25, -0.2) is 4.39 Å². The molecule has 122 valence electrons. The summed E-state index contributed by atoms with van der Waals surface area (Å²) in [5.41, 5.74) is 0.686. The second-order valence-corrected chi connectivity index (χ2v) is 7.70. The lowest BCUT2D eigenvalue weighted by Crippen LogP contribution is -2.41. The van der Waals surface area contributed by atoms with Gasteiger partial charge in [0, 0.05) is 5.31 Å². The summed E-state index contributed by atoms with van der Waals surface area (Å²) in [5.74, 6) is -0.209. The van der Waals surface area contributed by atoms with Crippen molar-refractivity contribution in [2.45, 2.75) is 57.6 Å². The molecule has 23 heavy (non-hydrogen) atoms. The number of hydrogen-bond acceptors (Lipinski definition) is 2. The van der Waals surface area contributed by atoms with Crippen LogP contribution < -0.4 is 0 Å². The van der Waals surface area contributed by atoms with Crippen molar-refractivity contribution in [2.75, 3.05) is 0 Å². The van der Waals surface area contributed by atoms with E-state index in [0.717, 1.165) is 5.56 Å². The number of rotatable bonds is 2. The van der Waals surface area contributed by atoms with Crippen LogP contribution in [0, 0.1) is 0 Å². The van der Waals surface area contributed by atoms with E-state index < -0.39 is 23.6 Å². The molecule has 2 nitrogen and oxygen atoms in total. The molecule has 1 fully saturated rings. The van der Waals surface area contributed by atoms with Crippen molar-refractivity contribution >= 4 is 12.7 Å². The third-order valence-electron chi connectivity index (χ3n) is 5.45. The molecule has 0 N–H and O–H groups in total. The quantitative estimate of drug-likeness (QED) is 0.700. The highest BCUT2D eigenvalue weighted by molar-refractivity contribution is 6.53. The molecular formula is C19H24BFO2. The highest BCUT2D eigenvalue weighted by Crippen LogP contribution is 2.56. The van der Waals surface area contributed by atoms with Crippen LogP contribution in [0.15, 0.2) is 48.3 Å². The molecule has 1 aliphatic heterocycles. The van der Waals surface area contributed by atoms with E-state index in [1.54, 1.807) is 6.08 Å². The van der Waals surface area contributed by atoms with Gasteiger partial charge in [0.1, 0.15) is 5.83 Å². The Kier molecular flexibility index (Phi) is 3.81. The second-order valence-electron chi connectivity index (χ2n) is 7.70. The molecule has 4 heteroatoms. The first-order valence-corrected chi connectivity index (χ1v) is 8.15. The first-order chi connectivity index (χ1) is 10.7. The van der Waals surface area contributed by atoms with E-state index in [4.69, 9.17) is 9.31 Å². The maximum Gasteiger partial charge on any atom is 0.469 e. The van der Waals surface area contributed by atoms with E-state index in [9.17, 15) is 4.39 Å². The number of halogens is 1. The van der Waals surface area contributed by atoms with Crippen molar-refractivity contribution in [1.29, 1.82) is 0 Å². The Hall–Kier alpha value is -1.39. The number of benzene rings is 1. The Bertz CT molecular complexity index is 647. The largest absolute Gasteiger partial charge is 0.469 e. The Morgan fingerprint density at radius 3 is 2.09 bits per heavy atom. The Morgan fingerprint density at radius 2 is 1.52 bits per heavy atom. The van der Waals surface area contributed by atoms with E-state index in [1.165, 1.54) is 0 Å². The highest BCUT2D eigenvalue weighted by atomic mass is 19.1. The summed E-state index contributed by atoms with van der Waals surface area (Å²) in [6.45, 7) is 10.1. The van der Waals surface area contributed by atoms with E-state index in [-0.39, 0.29) is 5.83 Å². The number of hydrogen-bond donors (Lipinski definition) is 0. The maximum absolute atomic E-state index is 14.7. The van der Waals surface area contributed by atoms with Crippen molar-refractivity contribution in [3.05, 3.63) is 53.9 Å². The summed E-state index contributed by atoms with van der Waals surface area (Å²) in [6, 6.07) is 9.68. The minimum atomic E-state index is -0.564. The standard InChI is InChI=1S/C19H24BFO2/c1-17(2)18(3,4)23-20(22-17)19(5)13-9-12-15(21)16(19)14-10-7-6-8-11-14/h6-12H,13H2,1-5H3. The van der Waals surface area contributed by atoms with Crippen LogP contribution in [0.5, 0.6) is 0 Å². The Labute approximate surface area is 138 Å². The monoisotopic (exact) mass is 314 g/mol. The molecule has 0 amide bonds. The smallest absolute Gasteiger partial charge is 0.403 e. The van der Waals surface area contributed by atoms with Gasteiger partial charge < -0.3 is 9.31 Å². The van der Waals surface area contributed by atoms with E-state index in [1.807, 2.05) is 71.0 Å². The average Bonchev–Trinajstić information content (AvgIpc) is 2.69. The Morgan fingerprint density at radius 1 is 0.957 bits per heavy atom. The SMILES string of the molecule is CC1(B2OC(C)(C)C(C)(C)O2)CC=CC(F)=C1c1ccccc1. The lowest BCUT2D eigenvalue weighted by Gasteiger charge is -2.35. The zero-order valence-corrected chi connectivity index (χ0v) is 14.5. The molecule has 1 aliphatic carbocycles. The predicted molar refractivity (Wildman–Crippen MR) is 92.7 cm³/mol. The molecule has 1 atom stereocenters. The van der Waals surface area contributed by atoms with Gasteiger partial charge in [-0.1, -0.05) is 43.3 Å². The molecule has 2 aliphatic rings. The summed E-state index contributed by atoms with van der Waals surface area (Å²) in [7, 11) is -0.488. The van der Waals surface area contributed by atoms with Gasteiger partial charge in [-0.05, 0) is 51.3 Å². The molecule has 1 heterocycles. The fourth-order valence-electron chi connectivity index (χ4n) is 3.26. The minimum absolute atomic E-state index is 0.209. The second kappa shape index (κ2) is 5.32. The van der Waals surface area contributed by atoms with Gasteiger partial charge in [0.05, 0.1) is 11.2 Å². The molecule has 0 spiro atoms. The predicted octanol–water partition coefficient (Wildman–Crippen LogP) is 5.18. The van der Waals surface area contributed by atoms with Gasteiger partial charge in [-0.2, -0.15) is 0 Å². The fourth-order valence-corrected chi connectivity index (χ4v) is 3.26. The summed E-state index contributed by atoms with van der Waals surface area (Å²) in [6.07, 6.45) is 4.10. The van der Waals surface area contributed by atoms with Crippen LogP contribution in [0.1, 0.15) is 46.6 Å². The van der Waals surface area contributed by atoms with Gasteiger partial charge in [0.15, 0.2) is 0 Å². The van der Waals surface area contributed by atoms with Crippen LogP contribution in [-0.4, -0.2) is 18.3 Å². The molecule has 1 aromatic rings. The summed E-state index contributed by atoms with van der Waals surface area (Å²) in [5, 5.41) is -0.564. The van der Waals surface area contributed by atoms with E-state index in [0.29, 0.717) is 12.0 Å². The highest BCUT2D eigenvalue weighted by Gasteiger charge is 2.59. The van der Waals surface area contributed by atoms with E-state index in [2.05, 4.69) is 0 Å². The lowest BCUT2D eigenvalue weighted by molar-refractivity contribution is 0.00578.